The first-order chi connectivity index (χ1) is 16.5. The van der Waals surface area contributed by atoms with Crippen LogP contribution in [0.15, 0.2) is 21.7 Å². The zero-order chi connectivity index (χ0) is 25.4. The molecule has 1 aliphatic carbocycles. The predicted octanol–water partition coefficient (Wildman–Crippen LogP) is 4.65. The molecule has 8 heteroatoms. The molecule has 0 bridgehead atoms. The van der Waals surface area contributed by atoms with Gasteiger partial charge in [0.25, 0.3) is 5.91 Å². The molecule has 1 aliphatic heterocycles. The highest BCUT2D eigenvalue weighted by atomic mass is 16.6. The van der Waals surface area contributed by atoms with Crippen molar-refractivity contribution in [1.82, 2.24) is 10.7 Å². The third kappa shape index (κ3) is 5.80. The summed E-state index contributed by atoms with van der Waals surface area (Å²) in [5.74, 6) is 0.421. The van der Waals surface area contributed by atoms with Gasteiger partial charge in [0.1, 0.15) is 28.6 Å². The van der Waals surface area contributed by atoms with Gasteiger partial charge >= 0.3 is 6.09 Å². The fourth-order valence-electron chi connectivity index (χ4n) is 4.68. The van der Waals surface area contributed by atoms with Crippen molar-refractivity contribution >= 4 is 23.0 Å². The summed E-state index contributed by atoms with van der Waals surface area (Å²) in [6.45, 7) is 11.3. The average Bonchev–Trinajstić information content (AvgIpc) is 2.78. The van der Waals surface area contributed by atoms with Crippen molar-refractivity contribution in [2.75, 3.05) is 0 Å². The number of alkyl carbamates (subject to hydrolysis) is 1. The largest absolute Gasteiger partial charge is 0.487 e. The molecule has 0 unspecified atom stereocenters. The lowest BCUT2D eigenvalue weighted by atomic mass is 9.88. The number of aryl methyl sites for hydroxylation is 2. The Morgan fingerprint density at radius 3 is 2.54 bits per heavy atom. The molecule has 2 heterocycles. The number of rotatable bonds is 4. The molecule has 2 aliphatic rings. The number of hydrogen-bond donors (Lipinski definition) is 2. The monoisotopic (exact) mass is 483 g/mol. The lowest BCUT2D eigenvalue weighted by Crippen LogP contribution is -2.47. The van der Waals surface area contributed by atoms with E-state index in [1.807, 2.05) is 13.0 Å². The van der Waals surface area contributed by atoms with Crippen LogP contribution in [0, 0.1) is 0 Å². The second-order valence-electron chi connectivity index (χ2n) is 11.1. The van der Waals surface area contributed by atoms with Gasteiger partial charge in [-0.3, -0.25) is 4.79 Å². The molecule has 2 aromatic rings. The van der Waals surface area contributed by atoms with Crippen LogP contribution in [0.4, 0.5) is 4.79 Å². The molecule has 0 saturated carbocycles. The molecule has 0 fully saturated rings. The minimum absolute atomic E-state index is 0.216. The van der Waals surface area contributed by atoms with E-state index in [9.17, 15) is 9.59 Å². The fourth-order valence-corrected chi connectivity index (χ4v) is 4.68. The van der Waals surface area contributed by atoms with Gasteiger partial charge in [-0.1, -0.05) is 6.92 Å². The van der Waals surface area contributed by atoms with Crippen molar-refractivity contribution in [3.63, 3.8) is 0 Å². The molecule has 0 radical (unpaired) electrons. The highest BCUT2D eigenvalue weighted by molar-refractivity contribution is 5.86. The molecular weight excluding hydrogens is 446 g/mol. The van der Waals surface area contributed by atoms with Crippen molar-refractivity contribution in [1.29, 1.82) is 0 Å². The highest BCUT2D eigenvalue weighted by Gasteiger charge is 2.28. The van der Waals surface area contributed by atoms with Crippen molar-refractivity contribution in [2.24, 2.45) is 5.10 Å². The van der Waals surface area contributed by atoms with Crippen LogP contribution in [0.1, 0.15) is 83.9 Å². The standard InChI is InChI=1S/C27H37N3O5/c1-7-20(28-25(32)35-26(2,3)4)23(31)29-30-24-18-11-9-8-10-17(18)19-14-16-12-13-27(5,6)34-21(16)15-22(19)33-24/h14-15,20H,7-13H2,1-6H3,(H,28,32)(H,29,31)/b30-24-/t20-/m1/s1. The second kappa shape index (κ2) is 9.55. The first-order valence-electron chi connectivity index (χ1n) is 12.6. The van der Waals surface area contributed by atoms with Crippen LogP contribution in [-0.4, -0.2) is 29.2 Å². The van der Waals surface area contributed by atoms with Gasteiger partial charge in [0, 0.05) is 17.0 Å². The summed E-state index contributed by atoms with van der Waals surface area (Å²) in [6.07, 6.45) is 5.64. The summed E-state index contributed by atoms with van der Waals surface area (Å²) in [6, 6.07) is 3.39. The Morgan fingerprint density at radius 2 is 1.86 bits per heavy atom. The molecule has 8 nitrogen and oxygen atoms in total. The van der Waals surface area contributed by atoms with Gasteiger partial charge in [-0.05, 0) is 96.8 Å². The van der Waals surface area contributed by atoms with Crippen LogP contribution in [0.3, 0.4) is 0 Å². The third-order valence-electron chi connectivity index (χ3n) is 6.49. The van der Waals surface area contributed by atoms with Gasteiger partial charge < -0.3 is 19.2 Å². The third-order valence-corrected chi connectivity index (χ3v) is 6.49. The van der Waals surface area contributed by atoms with E-state index < -0.39 is 23.6 Å². The van der Waals surface area contributed by atoms with Gasteiger partial charge in [-0.15, -0.1) is 5.10 Å². The zero-order valence-corrected chi connectivity index (χ0v) is 21.7. The summed E-state index contributed by atoms with van der Waals surface area (Å²) in [5.41, 5.74) is 6.32. The van der Waals surface area contributed by atoms with E-state index in [0.717, 1.165) is 55.2 Å². The number of fused-ring (bicyclic) bond motifs is 4. The predicted molar refractivity (Wildman–Crippen MR) is 133 cm³/mol. The summed E-state index contributed by atoms with van der Waals surface area (Å²) < 4.78 is 17.7. The summed E-state index contributed by atoms with van der Waals surface area (Å²) in [5, 5.41) is 8.08. The molecule has 35 heavy (non-hydrogen) atoms. The van der Waals surface area contributed by atoms with Gasteiger partial charge in [0.15, 0.2) is 0 Å². The van der Waals surface area contributed by atoms with Crippen molar-refractivity contribution in [3.8, 4) is 5.75 Å². The van der Waals surface area contributed by atoms with Crippen LogP contribution in [0.25, 0.3) is 11.0 Å². The van der Waals surface area contributed by atoms with Crippen molar-refractivity contribution in [3.05, 3.63) is 34.4 Å². The van der Waals surface area contributed by atoms with Gasteiger partial charge in [-0.25, -0.2) is 10.2 Å². The van der Waals surface area contributed by atoms with E-state index in [0.29, 0.717) is 17.6 Å². The molecule has 2 amide bonds. The molecule has 0 spiro atoms. The number of benzene rings is 1. The minimum Gasteiger partial charge on any atom is -0.487 e. The maximum absolute atomic E-state index is 12.8. The number of hydrogen-bond acceptors (Lipinski definition) is 6. The number of carbonyl (C=O) groups is 2. The van der Waals surface area contributed by atoms with E-state index in [1.54, 1.807) is 20.8 Å². The number of amides is 2. The first kappa shape index (κ1) is 25.1. The maximum atomic E-state index is 12.8. The van der Waals surface area contributed by atoms with Crippen molar-refractivity contribution in [2.45, 2.75) is 104 Å². The molecule has 1 aromatic carbocycles. The van der Waals surface area contributed by atoms with Gasteiger partial charge in [-0.2, -0.15) is 0 Å². The smallest absolute Gasteiger partial charge is 0.408 e. The van der Waals surface area contributed by atoms with E-state index in [4.69, 9.17) is 13.9 Å². The summed E-state index contributed by atoms with van der Waals surface area (Å²) in [4.78, 5) is 24.9. The average molecular weight is 484 g/mol. The highest BCUT2D eigenvalue weighted by Crippen LogP contribution is 2.37. The van der Waals surface area contributed by atoms with Gasteiger partial charge in [0.2, 0.25) is 5.55 Å². The normalized spacial score (nSPS) is 18.2. The molecule has 1 atom stereocenters. The number of carbonyl (C=O) groups excluding carboxylic acids is 2. The topological polar surface area (TPSA) is 102 Å². The van der Waals surface area contributed by atoms with E-state index >= 15 is 0 Å². The maximum Gasteiger partial charge on any atom is 0.408 e. The molecule has 2 N–H and O–H groups in total. The second-order valence-corrected chi connectivity index (χ2v) is 11.1. The van der Waals surface area contributed by atoms with Crippen LogP contribution < -0.4 is 21.0 Å². The first-order valence-corrected chi connectivity index (χ1v) is 12.6. The Bertz CT molecular complexity index is 1210. The summed E-state index contributed by atoms with van der Waals surface area (Å²) >= 11 is 0. The zero-order valence-electron chi connectivity index (χ0n) is 21.7. The Balaban J connectivity index is 1.64. The molecule has 1 aromatic heterocycles. The molecule has 190 valence electrons. The Labute approximate surface area is 206 Å². The quantitative estimate of drug-likeness (QED) is 0.617. The van der Waals surface area contributed by atoms with Crippen LogP contribution in [0.2, 0.25) is 0 Å². The lowest BCUT2D eigenvalue weighted by molar-refractivity contribution is -0.123. The molecule has 4 rings (SSSR count). The Hall–Kier alpha value is -3.03. The van der Waals surface area contributed by atoms with E-state index in [-0.39, 0.29) is 5.60 Å². The lowest BCUT2D eigenvalue weighted by Gasteiger charge is -2.33. The summed E-state index contributed by atoms with van der Waals surface area (Å²) in [7, 11) is 0. The molecule has 0 saturated heterocycles. The van der Waals surface area contributed by atoms with Crippen LogP contribution >= 0.6 is 0 Å². The van der Waals surface area contributed by atoms with E-state index in [2.05, 4.69) is 35.8 Å². The number of ether oxygens (including phenoxy) is 2. The molecular formula is C27H37N3O5. The van der Waals surface area contributed by atoms with Crippen molar-refractivity contribution < 1.29 is 23.5 Å². The van der Waals surface area contributed by atoms with Gasteiger partial charge in [0.05, 0.1) is 0 Å². The number of nitrogens with zero attached hydrogens (tertiary/aromatic N) is 1. The SMILES string of the molecule is CC[C@@H](NC(=O)OC(C)(C)C)C(=O)N/N=c1\oc2cc3c(cc2c2c1CCCC2)CCC(C)(C)O3. The minimum atomic E-state index is -0.771. The van der Waals surface area contributed by atoms with Crippen LogP contribution in [-0.2, 0) is 28.8 Å². The Morgan fingerprint density at radius 1 is 1.14 bits per heavy atom. The van der Waals surface area contributed by atoms with Crippen LogP contribution in [0.5, 0.6) is 5.75 Å². The Kier molecular flexibility index (Phi) is 6.84. The fraction of sp³-hybridized carbons (Fsp3) is 0.593. The van der Waals surface area contributed by atoms with E-state index in [1.165, 1.54) is 11.1 Å². The number of nitrogens with one attached hydrogen (secondary N) is 2.